The van der Waals surface area contributed by atoms with Gasteiger partial charge in [0.25, 0.3) is 0 Å². The molecule has 0 aliphatic rings. The van der Waals surface area contributed by atoms with Gasteiger partial charge in [-0.25, -0.2) is 9.78 Å². The molecular weight excluding hydrogens is 286 g/mol. The van der Waals surface area contributed by atoms with E-state index in [0.717, 1.165) is 11.3 Å². The Morgan fingerprint density at radius 1 is 1.58 bits per heavy atom. The fourth-order valence-electron chi connectivity index (χ4n) is 1.46. The quantitative estimate of drug-likeness (QED) is 0.905. The number of nitrogens with zero attached hydrogens (tertiary/aromatic N) is 2. The number of anilines is 2. The molecule has 2 aromatic rings. The molecule has 0 radical (unpaired) electrons. The summed E-state index contributed by atoms with van der Waals surface area (Å²) < 4.78 is 0. The molecule has 0 aliphatic carbocycles. The highest BCUT2D eigenvalue weighted by molar-refractivity contribution is 7.17. The van der Waals surface area contributed by atoms with Crippen molar-refractivity contribution in [2.24, 2.45) is 0 Å². The molecule has 2 rings (SSSR count). The summed E-state index contributed by atoms with van der Waals surface area (Å²) in [5.41, 5.74) is 1.49. The summed E-state index contributed by atoms with van der Waals surface area (Å²) in [5.74, 6) is -0.999. The predicted molar refractivity (Wildman–Crippen MR) is 73.3 cm³/mol. The van der Waals surface area contributed by atoms with Crippen LogP contribution in [-0.4, -0.2) is 16.1 Å². The third-order valence-corrected chi connectivity index (χ3v) is 3.71. The van der Waals surface area contributed by atoms with Crippen LogP contribution >= 0.6 is 22.9 Å². The van der Waals surface area contributed by atoms with Gasteiger partial charge in [-0.05, 0) is 25.1 Å². The Balaban J connectivity index is 2.27. The molecule has 19 heavy (non-hydrogen) atoms. The maximum Gasteiger partial charge on any atom is 0.347 e. The van der Waals surface area contributed by atoms with E-state index < -0.39 is 5.97 Å². The lowest BCUT2D eigenvalue weighted by Gasteiger charge is -2.03. The summed E-state index contributed by atoms with van der Waals surface area (Å²) in [6.45, 7) is 1.64. The Kier molecular flexibility index (Phi) is 3.69. The molecule has 7 heteroatoms. The number of carbonyl (C=O) groups is 1. The average Bonchev–Trinajstić information content (AvgIpc) is 2.70. The molecule has 0 spiro atoms. The highest BCUT2D eigenvalue weighted by atomic mass is 35.5. The minimum absolute atomic E-state index is 0.197. The summed E-state index contributed by atoms with van der Waals surface area (Å²) in [6.07, 6.45) is 0. The van der Waals surface area contributed by atoms with Crippen LogP contribution in [0, 0.1) is 18.3 Å². The summed E-state index contributed by atoms with van der Waals surface area (Å²) in [4.78, 5) is 15.2. The van der Waals surface area contributed by atoms with Crippen molar-refractivity contribution in [1.29, 1.82) is 5.26 Å². The van der Waals surface area contributed by atoms with Gasteiger partial charge in [-0.2, -0.15) is 5.26 Å². The first-order valence-corrected chi connectivity index (χ1v) is 6.38. The molecule has 0 bridgehead atoms. The maximum atomic E-state index is 10.9. The monoisotopic (exact) mass is 293 g/mol. The topological polar surface area (TPSA) is 86.0 Å². The van der Waals surface area contributed by atoms with Crippen molar-refractivity contribution in [2.75, 3.05) is 5.32 Å². The highest BCUT2D eigenvalue weighted by Crippen LogP contribution is 2.27. The smallest absolute Gasteiger partial charge is 0.347 e. The summed E-state index contributed by atoms with van der Waals surface area (Å²) in [5, 5.41) is 21.5. The number of rotatable bonds is 3. The Morgan fingerprint density at radius 2 is 2.32 bits per heavy atom. The lowest BCUT2D eigenvalue weighted by atomic mass is 10.2. The second-order valence-electron chi connectivity index (χ2n) is 3.67. The van der Waals surface area contributed by atoms with Crippen molar-refractivity contribution in [3.05, 3.63) is 39.4 Å². The molecule has 0 saturated carbocycles. The number of benzene rings is 1. The first kappa shape index (κ1) is 13.3. The molecule has 96 valence electrons. The maximum absolute atomic E-state index is 10.9. The van der Waals surface area contributed by atoms with E-state index in [1.165, 1.54) is 0 Å². The van der Waals surface area contributed by atoms with Crippen LogP contribution in [0.15, 0.2) is 18.2 Å². The fourth-order valence-corrected chi connectivity index (χ4v) is 2.50. The highest BCUT2D eigenvalue weighted by Gasteiger charge is 2.14. The third kappa shape index (κ3) is 2.84. The largest absolute Gasteiger partial charge is 0.477 e. The van der Waals surface area contributed by atoms with Crippen LogP contribution in [0.3, 0.4) is 0 Å². The molecule has 0 fully saturated rings. The number of nitriles is 1. The van der Waals surface area contributed by atoms with Gasteiger partial charge in [-0.15, -0.1) is 0 Å². The van der Waals surface area contributed by atoms with E-state index in [0.29, 0.717) is 27.1 Å². The number of thiazole rings is 1. The Morgan fingerprint density at radius 3 is 2.84 bits per heavy atom. The lowest BCUT2D eigenvalue weighted by Crippen LogP contribution is -1.94. The molecule has 0 atom stereocenters. The summed E-state index contributed by atoms with van der Waals surface area (Å²) in [7, 11) is 0. The van der Waals surface area contributed by atoms with Crippen LogP contribution in [0.2, 0.25) is 5.02 Å². The van der Waals surface area contributed by atoms with Gasteiger partial charge in [0, 0.05) is 5.69 Å². The lowest BCUT2D eigenvalue weighted by molar-refractivity contribution is 0.0701. The predicted octanol–water partition coefficient (Wildman–Crippen LogP) is 3.42. The van der Waals surface area contributed by atoms with Crippen LogP contribution in [0.5, 0.6) is 0 Å². The molecule has 1 aromatic heterocycles. The molecule has 0 aliphatic heterocycles. The van der Waals surface area contributed by atoms with Crippen LogP contribution in [0.25, 0.3) is 0 Å². The summed E-state index contributed by atoms with van der Waals surface area (Å²) >= 11 is 6.96. The van der Waals surface area contributed by atoms with E-state index in [-0.39, 0.29) is 4.88 Å². The van der Waals surface area contributed by atoms with Gasteiger partial charge >= 0.3 is 5.97 Å². The molecule has 0 saturated heterocycles. The van der Waals surface area contributed by atoms with E-state index in [1.54, 1.807) is 25.1 Å². The van der Waals surface area contributed by atoms with Crippen molar-refractivity contribution < 1.29 is 9.90 Å². The zero-order chi connectivity index (χ0) is 14.0. The molecule has 0 amide bonds. The van der Waals surface area contributed by atoms with Gasteiger partial charge in [-0.3, -0.25) is 0 Å². The van der Waals surface area contributed by atoms with E-state index >= 15 is 0 Å². The number of carboxylic acid groups (broad SMARTS) is 1. The average molecular weight is 294 g/mol. The van der Waals surface area contributed by atoms with Crippen molar-refractivity contribution in [3.63, 3.8) is 0 Å². The summed E-state index contributed by atoms with van der Waals surface area (Å²) in [6, 6.07) is 6.83. The van der Waals surface area contributed by atoms with Crippen LogP contribution in [0.1, 0.15) is 20.9 Å². The molecule has 1 aromatic carbocycles. The van der Waals surface area contributed by atoms with Gasteiger partial charge in [-0.1, -0.05) is 22.9 Å². The molecule has 5 nitrogen and oxygen atoms in total. The Bertz CT molecular complexity index is 691. The van der Waals surface area contributed by atoms with Gasteiger partial charge in [0.05, 0.1) is 16.3 Å². The molecule has 2 N–H and O–H groups in total. The van der Waals surface area contributed by atoms with E-state index in [9.17, 15) is 4.79 Å². The normalized spacial score (nSPS) is 9.95. The number of hydrogen-bond donors (Lipinski definition) is 2. The number of carboxylic acids is 1. The minimum atomic E-state index is -0.999. The van der Waals surface area contributed by atoms with Crippen molar-refractivity contribution in [1.82, 2.24) is 4.98 Å². The number of aromatic nitrogens is 1. The Hall–Kier alpha value is -2.10. The first-order valence-electron chi connectivity index (χ1n) is 5.18. The zero-order valence-corrected chi connectivity index (χ0v) is 11.3. The minimum Gasteiger partial charge on any atom is -0.477 e. The zero-order valence-electron chi connectivity index (χ0n) is 9.77. The van der Waals surface area contributed by atoms with E-state index in [2.05, 4.69) is 10.3 Å². The van der Waals surface area contributed by atoms with Crippen molar-refractivity contribution >= 4 is 39.7 Å². The van der Waals surface area contributed by atoms with Crippen molar-refractivity contribution in [3.8, 4) is 6.07 Å². The standard InChI is InChI=1S/C12H8ClN3O2S/c1-6-10(11(17)18)19-12(15-6)16-8-3-2-7(5-14)9(13)4-8/h2-4H,1H3,(H,15,16)(H,17,18). The van der Waals surface area contributed by atoms with Gasteiger partial charge < -0.3 is 10.4 Å². The van der Waals surface area contributed by atoms with E-state index in [1.807, 2.05) is 6.07 Å². The number of halogens is 1. The first-order chi connectivity index (χ1) is 9.01. The molecule has 0 unspecified atom stereocenters. The SMILES string of the molecule is Cc1nc(Nc2ccc(C#N)c(Cl)c2)sc1C(=O)O. The van der Waals surface area contributed by atoms with Crippen LogP contribution in [-0.2, 0) is 0 Å². The van der Waals surface area contributed by atoms with Crippen molar-refractivity contribution in [2.45, 2.75) is 6.92 Å². The van der Waals surface area contributed by atoms with Gasteiger partial charge in [0.2, 0.25) is 0 Å². The number of aromatic carboxylic acids is 1. The number of aryl methyl sites for hydroxylation is 1. The number of nitrogens with one attached hydrogen (secondary N) is 1. The molecule has 1 heterocycles. The third-order valence-electron chi connectivity index (χ3n) is 2.33. The van der Waals surface area contributed by atoms with Crippen LogP contribution in [0.4, 0.5) is 10.8 Å². The van der Waals surface area contributed by atoms with Gasteiger partial charge in [0.1, 0.15) is 10.9 Å². The molecular formula is C12H8ClN3O2S. The van der Waals surface area contributed by atoms with E-state index in [4.69, 9.17) is 22.0 Å². The van der Waals surface area contributed by atoms with Gasteiger partial charge in [0.15, 0.2) is 5.13 Å². The second-order valence-corrected chi connectivity index (χ2v) is 5.08. The Labute approximate surface area is 118 Å². The number of hydrogen-bond acceptors (Lipinski definition) is 5. The van der Waals surface area contributed by atoms with Crippen LogP contribution < -0.4 is 5.32 Å². The fraction of sp³-hybridized carbons (Fsp3) is 0.0833. The second kappa shape index (κ2) is 5.26.